The maximum absolute atomic E-state index is 14.1. The molecule has 2 atom stereocenters. The molecule has 0 saturated carbocycles. The summed E-state index contributed by atoms with van der Waals surface area (Å²) >= 11 is 0. The third-order valence-corrected chi connectivity index (χ3v) is 4.64. The second kappa shape index (κ2) is 7.52. The lowest BCUT2D eigenvalue weighted by molar-refractivity contribution is 0.0821. The first-order chi connectivity index (χ1) is 11.3. The zero-order valence-corrected chi connectivity index (χ0v) is 13.3. The van der Waals surface area contributed by atoms with Crippen LogP contribution in [0.1, 0.15) is 36.9 Å². The van der Waals surface area contributed by atoms with E-state index < -0.39 is 6.17 Å². The summed E-state index contributed by atoms with van der Waals surface area (Å²) in [6.07, 6.45) is 10.8. The highest BCUT2D eigenvalue weighted by molar-refractivity contribution is 5.72. The molecule has 1 saturated heterocycles. The Balaban J connectivity index is 1.58. The zero-order valence-electron chi connectivity index (χ0n) is 13.3. The average molecular weight is 311 g/mol. The number of likely N-dealkylation sites (tertiary alicyclic amines) is 1. The number of hydrogen-bond donors (Lipinski definition) is 0. The van der Waals surface area contributed by atoms with Gasteiger partial charge in [0.1, 0.15) is 6.17 Å². The van der Waals surface area contributed by atoms with Crippen LogP contribution in [0.2, 0.25) is 0 Å². The molecule has 2 aliphatic rings. The summed E-state index contributed by atoms with van der Waals surface area (Å²) in [5, 5.41) is 8.72. The van der Waals surface area contributed by atoms with Crippen LogP contribution in [0.15, 0.2) is 36.6 Å². The van der Waals surface area contributed by atoms with Gasteiger partial charge in [-0.3, -0.25) is 9.88 Å². The standard InChI is InChI=1S/C19H22FN3/c20-18-14-23(11-9-16(18)8-10-21)13-15-6-7-19(22-12-15)17-4-2-1-3-5-17/h2,4-7,12,16,18H,1,3,8-9,11,13-14H2. The third kappa shape index (κ3) is 4.05. The first-order valence-corrected chi connectivity index (χ1v) is 8.31. The highest BCUT2D eigenvalue weighted by atomic mass is 19.1. The van der Waals surface area contributed by atoms with Crippen molar-refractivity contribution in [3.63, 3.8) is 0 Å². The van der Waals surface area contributed by atoms with Crippen LogP contribution in [0.5, 0.6) is 0 Å². The predicted molar refractivity (Wildman–Crippen MR) is 89.1 cm³/mol. The fourth-order valence-electron chi connectivity index (χ4n) is 3.26. The highest BCUT2D eigenvalue weighted by Crippen LogP contribution is 2.25. The van der Waals surface area contributed by atoms with Crippen LogP contribution in [-0.4, -0.2) is 29.1 Å². The summed E-state index contributed by atoms with van der Waals surface area (Å²) in [6, 6.07) is 6.22. The minimum absolute atomic E-state index is 0.0956. The first-order valence-electron chi connectivity index (χ1n) is 8.31. The number of halogens is 1. The number of aromatic nitrogens is 1. The minimum atomic E-state index is -0.895. The molecular weight excluding hydrogens is 289 g/mol. The number of hydrogen-bond acceptors (Lipinski definition) is 3. The summed E-state index contributed by atoms with van der Waals surface area (Å²) in [4.78, 5) is 6.67. The van der Waals surface area contributed by atoms with Crippen LogP contribution in [0.4, 0.5) is 4.39 Å². The van der Waals surface area contributed by atoms with Gasteiger partial charge >= 0.3 is 0 Å². The molecular formula is C19H22FN3. The van der Waals surface area contributed by atoms with E-state index in [0.29, 0.717) is 13.0 Å². The normalized spacial score (nSPS) is 25.0. The quantitative estimate of drug-likeness (QED) is 0.847. The van der Waals surface area contributed by atoms with Gasteiger partial charge in [0.25, 0.3) is 0 Å². The smallest absolute Gasteiger partial charge is 0.117 e. The van der Waals surface area contributed by atoms with E-state index in [1.165, 1.54) is 5.57 Å². The van der Waals surface area contributed by atoms with E-state index in [4.69, 9.17) is 5.26 Å². The van der Waals surface area contributed by atoms with Crippen LogP contribution in [0, 0.1) is 17.2 Å². The van der Waals surface area contributed by atoms with Gasteiger partial charge in [0.05, 0.1) is 11.8 Å². The Bertz CT molecular complexity index is 627. The van der Waals surface area contributed by atoms with Crippen LogP contribution < -0.4 is 0 Å². The van der Waals surface area contributed by atoms with Crippen molar-refractivity contribution in [2.75, 3.05) is 13.1 Å². The molecule has 2 unspecified atom stereocenters. The molecule has 1 aromatic heterocycles. The topological polar surface area (TPSA) is 39.9 Å². The predicted octanol–water partition coefficient (Wildman–Crippen LogP) is 3.89. The molecule has 3 nitrogen and oxygen atoms in total. The maximum atomic E-state index is 14.1. The molecule has 0 spiro atoms. The van der Waals surface area contributed by atoms with Gasteiger partial charge in [-0.05, 0) is 43.0 Å². The van der Waals surface area contributed by atoms with Crippen molar-refractivity contribution >= 4 is 5.57 Å². The largest absolute Gasteiger partial charge is 0.296 e. The minimum Gasteiger partial charge on any atom is -0.296 e. The van der Waals surface area contributed by atoms with Crippen molar-refractivity contribution in [1.29, 1.82) is 5.26 Å². The molecule has 1 aliphatic carbocycles. The van der Waals surface area contributed by atoms with Crippen molar-refractivity contribution < 1.29 is 4.39 Å². The molecule has 0 radical (unpaired) electrons. The van der Waals surface area contributed by atoms with E-state index in [1.54, 1.807) is 0 Å². The second-order valence-corrected chi connectivity index (χ2v) is 6.35. The Morgan fingerprint density at radius 2 is 2.26 bits per heavy atom. The van der Waals surface area contributed by atoms with E-state index in [-0.39, 0.29) is 5.92 Å². The highest BCUT2D eigenvalue weighted by Gasteiger charge is 2.28. The summed E-state index contributed by atoms with van der Waals surface area (Å²) in [6.45, 7) is 1.99. The fourth-order valence-corrected chi connectivity index (χ4v) is 3.26. The van der Waals surface area contributed by atoms with Gasteiger partial charge in [-0.1, -0.05) is 24.3 Å². The van der Waals surface area contributed by atoms with Gasteiger partial charge in [0, 0.05) is 31.6 Å². The Morgan fingerprint density at radius 3 is 2.91 bits per heavy atom. The van der Waals surface area contributed by atoms with Gasteiger partial charge < -0.3 is 0 Å². The van der Waals surface area contributed by atoms with Crippen molar-refractivity contribution in [3.8, 4) is 6.07 Å². The Hall–Kier alpha value is -1.99. The summed E-state index contributed by atoms with van der Waals surface area (Å²) < 4.78 is 14.1. The van der Waals surface area contributed by atoms with Gasteiger partial charge in [0.15, 0.2) is 0 Å². The second-order valence-electron chi connectivity index (χ2n) is 6.35. The van der Waals surface area contributed by atoms with E-state index in [9.17, 15) is 4.39 Å². The van der Waals surface area contributed by atoms with Crippen molar-refractivity contribution in [2.45, 2.75) is 38.4 Å². The molecule has 1 aromatic rings. The molecule has 2 heterocycles. The molecule has 0 N–H and O–H groups in total. The monoisotopic (exact) mass is 311 g/mol. The lowest BCUT2D eigenvalue weighted by Crippen LogP contribution is -2.41. The van der Waals surface area contributed by atoms with Crippen molar-refractivity contribution in [3.05, 3.63) is 47.8 Å². The number of piperidine rings is 1. The number of rotatable bonds is 4. The van der Waals surface area contributed by atoms with Crippen LogP contribution in [0.3, 0.4) is 0 Å². The number of nitriles is 1. The van der Waals surface area contributed by atoms with Gasteiger partial charge in [-0.25, -0.2) is 4.39 Å². The number of nitrogens with zero attached hydrogens (tertiary/aromatic N) is 3. The molecule has 0 aromatic carbocycles. The third-order valence-electron chi connectivity index (χ3n) is 4.64. The fraction of sp³-hybridized carbons (Fsp3) is 0.474. The summed E-state index contributed by atoms with van der Waals surface area (Å²) in [5.74, 6) is -0.0956. The SMILES string of the molecule is N#CCC1CCN(Cc2ccc(C3=CCCC=C3)nc2)CC1F. The Labute approximate surface area is 137 Å². The lowest BCUT2D eigenvalue weighted by Gasteiger charge is -2.33. The zero-order chi connectivity index (χ0) is 16.1. The van der Waals surface area contributed by atoms with Gasteiger partial charge in [-0.15, -0.1) is 0 Å². The molecule has 0 bridgehead atoms. The lowest BCUT2D eigenvalue weighted by atomic mass is 9.92. The number of alkyl halides is 1. The Kier molecular flexibility index (Phi) is 5.19. The summed E-state index contributed by atoms with van der Waals surface area (Å²) in [7, 11) is 0. The van der Waals surface area contributed by atoms with Crippen LogP contribution >= 0.6 is 0 Å². The van der Waals surface area contributed by atoms with Crippen molar-refractivity contribution in [1.82, 2.24) is 9.88 Å². The number of allylic oxidation sites excluding steroid dienone is 4. The average Bonchev–Trinajstić information content (AvgIpc) is 2.59. The molecule has 3 rings (SSSR count). The molecule has 23 heavy (non-hydrogen) atoms. The van der Waals surface area contributed by atoms with E-state index in [1.807, 2.05) is 12.3 Å². The van der Waals surface area contributed by atoms with E-state index in [2.05, 4.69) is 40.2 Å². The molecule has 120 valence electrons. The van der Waals surface area contributed by atoms with Crippen molar-refractivity contribution in [2.24, 2.45) is 5.92 Å². The van der Waals surface area contributed by atoms with Crippen LogP contribution in [-0.2, 0) is 6.54 Å². The molecule has 1 fully saturated rings. The Morgan fingerprint density at radius 1 is 1.35 bits per heavy atom. The van der Waals surface area contributed by atoms with E-state index in [0.717, 1.165) is 43.6 Å². The van der Waals surface area contributed by atoms with Gasteiger partial charge in [-0.2, -0.15) is 5.26 Å². The molecule has 4 heteroatoms. The van der Waals surface area contributed by atoms with Crippen LogP contribution in [0.25, 0.3) is 5.57 Å². The van der Waals surface area contributed by atoms with Gasteiger partial charge in [0.2, 0.25) is 0 Å². The first kappa shape index (κ1) is 15.9. The molecule has 0 amide bonds. The van der Waals surface area contributed by atoms with E-state index >= 15 is 0 Å². The maximum Gasteiger partial charge on any atom is 0.117 e. The summed E-state index contributed by atoms with van der Waals surface area (Å²) in [5.41, 5.74) is 3.30. The number of pyridine rings is 1. The molecule has 1 aliphatic heterocycles.